The maximum absolute atomic E-state index is 13.7. The number of rotatable bonds is 13. The third kappa shape index (κ3) is 7.82. The molecule has 176 valence electrons. The fraction of sp³-hybridized carbons (Fsp3) is 0.583. The van der Waals surface area contributed by atoms with Crippen molar-refractivity contribution in [2.75, 3.05) is 13.7 Å². The Bertz CT molecular complexity index is 809. The zero-order chi connectivity index (χ0) is 23.6. The summed E-state index contributed by atoms with van der Waals surface area (Å²) in [4.78, 5) is 34.9. The van der Waals surface area contributed by atoms with E-state index in [1.165, 1.54) is 19.2 Å². The fourth-order valence-corrected chi connectivity index (χ4v) is 4.00. The van der Waals surface area contributed by atoms with E-state index in [1.54, 1.807) is 19.1 Å². The molecule has 1 aliphatic rings. The van der Waals surface area contributed by atoms with E-state index in [0.717, 1.165) is 0 Å². The van der Waals surface area contributed by atoms with Gasteiger partial charge in [0.05, 0.1) is 12.7 Å². The first-order valence-corrected chi connectivity index (χ1v) is 10.9. The predicted molar refractivity (Wildman–Crippen MR) is 118 cm³/mol. The van der Waals surface area contributed by atoms with Crippen LogP contribution in [0.1, 0.15) is 51.9 Å². The zero-order valence-corrected chi connectivity index (χ0v) is 18.7. The topological polar surface area (TPSA) is 102 Å². The molecule has 8 heteroatoms. The second-order valence-electron chi connectivity index (χ2n) is 8.54. The Labute approximate surface area is 188 Å². The number of ether oxygens (including phenoxy) is 2. The van der Waals surface area contributed by atoms with Gasteiger partial charge in [0.1, 0.15) is 18.4 Å². The number of para-hydroxylation sites is 1. The molecule has 0 amide bonds. The van der Waals surface area contributed by atoms with Gasteiger partial charge >= 0.3 is 5.97 Å². The molecular weight excluding hydrogens is 417 g/mol. The molecule has 0 bridgehead atoms. The number of hydrogen-bond acceptors (Lipinski definition) is 7. The largest absolute Gasteiger partial charge is 0.488 e. The van der Waals surface area contributed by atoms with Crippen LogP contribution in [0.5, 0.6) is 5.75 Å². The number of carbonyl (C=O) groups excluding carboxylic acids is 2. The first kappa shape index (κ1) is 25.6. The number of methoxy groups -OCH3 is 1. The summed E-state index contributed by atoms with van der Waals surface area (Å²) in [6.07, 6.45) is 6.83. The normalized spacial score (nSPS) is 22.6. The summed E-state index contributed by atoms with van der Waals surface area (Å²) in [5.41, 5.74) is -1.25. The van der Waals surface area contributed by atoms with Crippen molar-refractivity contribution in [1.82, 2.24) is 0 Å². The van der Waals surface area contributed by atoms with Crippen molar-refractivity contribution in [2.24, 2.45) is 17.0 Å². The Hall–Kier alpha value is -2.61. The molecule has 0 spiro atoms. The highest BCUT2D eigenvalue weighted by Crippen LogP contribution is 2.38. The quantitative estimate of drug-likeness (QED) is 0.208. The number of halogens is 1. The minimum atomic E-state index is -1.25. The van der Waals surface area contributed by atoms with Crippen LogP contribution in [0.4, 0.5) is 4.39 Å². The van der Waals surface area contributed by atoms with Gasteiger partial charge < -0.3 is 14.6 Å². The van der Waals surface area contributed by atoms with Gasteiger partial charge in [-0.2, -0.15) is 4.91 Å². The number of aliphatic hydroxyl groups is 1. The first-order valence-electron chi connectivity index (χ1n) is 10.9. The van der Waals surface area contributed by atoms with Crippen molar-refractivity contribution in [3.63, 3.8) is 0 Å². The van der Waals surface area contributed by atoms with Crippen LogP contribution < -0.4 is 4.74 Å². The number of allylic oxidation sites excluding steroid dienone is 2. The standard InChI is InChI=1S/C24H32FNO6/c1-24(29,16-32-22-11-8-7-10-19(22)25)14-13-17-18(21(27)15-20(17)26-30)9-5-3-4-6-12-23(28)31-2/h3,5,7-8,10-11,17-18,20,29H,4,6,9,12-16H2,1-2H3/t17-,18-,20?,24?/m1/s1. The highest BCUT2D eigenvalue weighted by Gasteiger charge is 2.43. The summed E-state index contributed by atoms with van der Waals surface area (Å²) < 4.78 is 23.7. The van der Waals surface area contributed by atoms with Crippen LogP contribution in [0.25, 0.3) is 0 Å². The third-order valence-corrected chi connectivity index (χ3v) is 5.90. The number of benzene rings is 1. The number of unbranched alkanes of at least 4 members (excludes halogenated alkanes) is 1. The van der Waals surface area contributed by atoms with Gasteiger partial charge in [-0.05, 0) is 57.1 Å². The summed E-state index contributed by atoms with van der Waals surface area (Å²) in [7, 11) is 1.35. The Kier molecular flexibility index (Phi) is 9.97. The van der Waals surface area contributed by atoms with Crippen LogP contribution in [0, 0.1) is 22.6 Å². The molecule has 0 heterocycles. The SMILES string of the molecule is COC(=O)CCCC=CC[C@H]1C(=O)CC(N=O)[C@@H]1CCC(C)(O)COc1ccccc1F. The second-order valence-corrected chi connectivity index (χ2v) is 8.54. The van der Waals surface area contributed by atoms with Crippen LogP contribution >= 0.6 is 0 Å². The van der Waals surface area contributed by atoms with Gasteiger partial charge in [-0.3, -0.25) is 9.59 Å². The maximum atomic E-state index is 13.7. The molecule has 1 aromatic rings. The maximum Gasteiger partial charge on any atom is 0.305 e. The van der Waals surface area contributed by atoms with Gasteiger partial charge in [0, 0.05) is 18.8 Å². The molecule has 2 rings (SSSR count). The summed E-state index contributed by atoms with van der Waals surface area (Å²) in [5.74, 6) is -1.30. The molecule has 7 nitrogen and oxygen atoms in total. The zero-order valence-electron chi connectivity index (χ0n) is 18.7. The van der Waals surface area contributed by atoms with Crippen LogP contribution in [0.15, 0.2) is 41.6 Å². The number of ketones is 1. The highest BCUT2D eigenvalue weighted by atomic mass is 19.1. The lowest BCUT2D eigenvalue weighted by molar-refractivity contribution is -0.140. The lowest BCUT2D eigenvalue weighted by atomic mass is 9.84. The molecule has 1 aliphatic carbocycles. The van der Waals surface area contributed by atoms with E-state index in [2.05, 4.69) is 9.91 Å². The Morgan fingerprint density at radius 2 is 2.09 bits per heavy atom. The number of carbonyl (C=O) groups is 2. The van der Waals surface area contributed by atoms with E-state index >= 15 is 0 Å². The third-order valence-electron chi connectivity index (χ3n) is 5.90. The van der Waals surface area contributed by atoms with Crippen molar-refractivity contribution < 1.29 is 28.6 Å². The van der Waals surface area contributed by atoms with E-state index in [-0.39, 0.29) is 48.8 Å². The lowest BCUT2D eigenvalue weighted by Gasteiger charge is -2.27. The van der Waals surface area contributed by atoms with Crippen LogP contribution in [-0.4, -0.2) is 42.2 Å². The van der Waals surface area contributed by atoms with E-state index in [9.17, 15) is 24.0 Å². The van der Waals surface area contributed by atoms with Crippen molar-refractivity contribution in [1.29, 1.82) is 0 Å². The molecule has 0 aliphatic heterocycles. The Morgan fingerprint density at radius 3 is 2.78 bits per heavy atom. The molecule has 1 saturated carbocycles. The van der Waals surface area contributed by atoms with Crippen molar-refractivity contribution in [3.05, 3.63) is 47.1 Å². The van der Waals surface area contributed by atoms with E-state index < -0.39 is 17.5 Å². The van der Waals surface area contributed by atoms with Gasteiger partial charge in [-0.15, -0.1) is 0 Å². The van der Waals surface area contributed by atoms with Crippen LogP contribution in [0.3, 0.4) is 0 Å². The van der Waals surface area contributed by atoms with Gasteiger partial charge in [-0.25, -0.2) is 4.39 Å². The molecule has 1 fully saturated rings. The predicted octanol–water partition coefficient (Wildman–Crippen LogP) is 4.37. The van der Waals surface area contributed by atoms with Gasteiger partial charge in [-0.1, -0.05) is 29.5 Å². The first-order chi connectivity index (χ1) is 15.3. The van der Waals surface area contributed by atoms with Crippen molar-refractivity contribution >= 4 is 11.8 Å². The molecule has 0 radical (unpaired) electrons. The van der Waals surface area contributed by atoms with Gasteiger partial charge in [0.15, 0.2) is 11.6 Å². The summed E-state index contributed by atoms with van der Waals surface area (Å²) in [6.45, 7) is 1.47. The van der Waals surface area contributed by atoms with Crippen molar-refractivity contribution in [3.8, 4) is 5.75 Å². The molecule has 0 saturated heterocycles. The average Bonchev–Trinajstić information content (AvgIpc) is 3.08. The molecular formula is C24H32FNO6. The molecule has 0 aromatic heterocycles. The van der Waals surface area contributed by atoms with Crippen molar-refractivity contribution in [2.45, 2.75) is 63.5 Å². The Morgan fingerprint density at radius 1 is 1.34 bits per heavy atom. The molecule has 1 N–H and O–H groups in total. The minimum absolute atomic E-state index is 0.000982. The van der Waals surface area contributed by atoms with Crippen LogP contribution in [0.2, 0.25) is 0 Å². The number of Topliss-reactive ketones (excluding diaryl/α,β-unsaturated/α-hetero) is 1. The highest BCUT2D eigenvalue weighted by molar-refractivity contribution is 5.84. The number of nitroso groups, excluding NO2 is 1. The van der Waals surface area contributed by atoms with Gasteiger partial charge in [0.25, 0.3) is 0 Å². The van der Waals surface area contributed by atoms with Gasteiger partial charge in [0.2, 0.25) is 0 Å². The van der Waals surface area contributed by atoms with E-state index in [1.807, 2.05) is 12.2 Å². The fourth-order valence-electron chi connectivity index (χ4n) is 4.00. The molecule has 4 atom stereocenters. The summed E-state index contributed by atoms with van der Waals surface area (Å²) >= 11 is 0. The number of hydrogen-bond donors (Lipinski definition) is 1. The number of esters is 1. The summed E-state index contributed by atoms with van der Waals surface area (Å²) in [5, 5.41) is 13.8. The monoisotopic (exact) mass is 449 g/mol. The van der Waals surface area contributed by atoms with E-state index in [4.69, 9.17) is 4.74 Å². The molecule has 32 heavy (non-hydrogen) atoms. The molecule has 2 unspecified atom stereocenters. The summed E-state index contributed by atoms with van der Waals surface area (Å²) in [6, 6.07) is 5.36. The second kappa shape index (κ2) is 12.4. The minimum Gasteiger partial charge on any atom is -0.488 e. The van der Waals surface area contributed by atoms with E-state index in [0.29, 0.717) is 32.1 Å². The lowest BCUT2D eigenvalue weighted by Crippen LogP contribution is -2.34. The Balaban J connectivity index is 1.88. The smallest absolute Gasteiger partial charge is 0.305 e. The van der Waals surface area contributed by atoms with Crippen LogP contribution in [-0.2, 0) is 14.3 Å². The number of nitrogens with zero attached hydrogens (tertiary/aromatic N) is 1. The average molecular weight is 450 g/mol. The molecule has 1 aromatic carbocycles.